The molecule has 0 saturated heterocycles. The maximum atomic E-state index is 10.6. The molecule has 4 aliphatic rings. The number of hydrogen-bond acceptors (Lipinski definition) is 2. The molecule has 0 heterocycles. The molecule has 2 heteroatoms. The standard InChI is InChI=1S/C23H40O2/c1-14-5-8-20-19-7-6-16-13-22(3,25)11-9-17(16)18(19)10-12-23(20,4)21(14)15(2)24/h14-21,24-25H,5-13H2,1-4H3/t14-,15?,16-,17+,18-,19-,20+,21+,22-,23+/m1/s1. The van der Waals surface area contributed by atoms with Crippen LogP contribution in [0.2, 0.25) is 0 Å². The molecule has 4 aliphatic carbocycles. The van der Waals surface area contributed by atoms with Gasteiger partial charge in [0.2, 0.25) is 0 Å². The lowest BCUT2D eigenvalue weighted by atomic mass is 9.43. The molecule has 2 nitrogen and oxygen atoms in total. The SMILES string of the molecule is CC(O)[C@@H]1[C@H](C)CC[C@H]2[C@@H]3CC[C@@H]4C[C@](C)(O)CC[C@@H]4[C@H]3CC[C@]12C. The van der Waals surface area contributed by atoms with Gasteiger partial charge in [0.1, 0.15) is 0 Å². The van der Waals surface area contributed by atoms with E-state index in [1.54, 1.807) is 0 Å². The molecular formula is C23H40O2. The van der Waals surface area contributed by atoms with Gasteiger partial charge in [0.15, 0.2) is 0 Å². The van der Waals surface area contributed by atoms with Crippen molar-refractivity contribution in [2.24, 2.45) is 46.8 Å². The van der Waals surface area contributed by atoms with E-state index < -0.39 is 5.60 Å². The summed E-state index contributed by atoms with van der Waals surface area (Å²) in [4.78, 5) is 0. The van der Waals surface area contributed by atoms with E-state index in [0.717, 1.165) is 42.4 Å². The second-order valence-corrected chi connectivity index (χ2v) is 11.0. The summed E-state index contributed by atoms with van der Waals surface area (Å²) in [6.07, 6.45) is 11.2. The third kappa shape index (κ3) is 2.90. The van der Waals surface area contributed by atoms with Crippen LogP contribution in [-0.4, -0.2) is 21.9 Å². The summed E-state index contributed by atoms with van der Waals surface area (Å²) >= 11 is 0. The van der Waals surface area contributed by atoms with E-state index in [4.69, 9.17) is 0 Å². The lowest BCUT2D eigenvalue weighted by Gasteiger charge is -2.62. The first kappa shape index (κ1) is 18.3. The van der Waals surface area contributed by atoms with Gasteiger partial charge in [-0.1, -0.05) is 20.3 Å². The molecule has 0 spiro atoms. The van der Waals surface area contributed by atoms with Crippen LogP contribution < -0.4 is 0 Å². The van der Waals surface area contributed by atoms with Crippen molar-refractivity contribution in [3.63, 3.8) is 0 Å². The smallest absolute Gasteiger partial charge is 0.0622 e. The second kappa shape index (κ2) is 6.23. The minimum atomic E-state index is -0.408. The zero-order valence-corrected chi connectivity index (χ0v) is 16.9. The molecule has 4 saturated carbocycles. The second-order valence-electron chi connectivity index (χ2n) is 11.0. The molecule has 0 aromatic rings. The van der Waals surface area contributed by atoms with Crippen LogP contribution in [0.3, 0.4) is 0 Å². The first-order valence-corrected chi connectivity index (χ1v) is 11.1. The van der Waals surface area contributed by atoms with E-state index in [2.05, 4.69) is 20.8 Å². The fraction of sp³-hybridized carbons (Fsp3) is 1.00. The van der Waals surface area contributed by atoms with Gasteiger partial charge in [0.05, 0.1) is 11.7 Å². The molecule has 0 aliphatic heterocycles. The Morgan fingerprint density at radius 3 is 2.32 bits per heavy atom. The summed E-state index contributed by atoms with van der Waals surface area (Å²) in [5, 5.41) is 21.1. The van der Waals surface area contributed by atoms with Crippen molar-refractivity contribution < 1.29 is 10.2 Å². The van der Waals surface area contributed by atoms with Crippen molar-refractivity contribution in [2.45, 2.75) is 97.2 Å². The zero-order chi connectivity index (χ0) is 18.0. The van der Waals surface area contributed by atoms with Crippen LogP contribution in [0.25, 0.3) is 0 Å². The normalized spacial score (nSPS) is 57.1. The molecule has 2 N–H and O–H groups in total. The Morgan fingerprint density at radius 2 is 1.60 bits per heavy atom. The summed E-state index contributed by atoms with van der Waals surface area (Å²) in [7, 11) is 0. The van der Waals surface area contributed by atoms with Gasteiger partial charge < -0.3 is 10.2 Å². The molecule has 25 heavy (non-hydrogen) atoms. The van der Waals surface area contributed by atoms with Crippen LogP contribution in [0, 0.1) is 46.8 Å². The predicted molar refractivity (Wildman–Crippen MR) is 102 cm³/mol. The highest BCUT2D eigenvalue weighted by molar-refractivity contribution is 5.07. The fourth-order valence-corrected chi connectivity index (χ4v) is 8.69. The molecule has 144 valence electrons. The maximum absolute atomic E-state index is 10.6. The summed E-state index contributed by atoms with van der Waals surface area (Å²) in [6, 6.07) is 0. The van der Waals surface area contributed by atoms with Crippen molar-refractivity contribution in [3.8, 4) is 0 Å². The molecule has 0 bridgehead atoms. The Bertz CT molecular complexity index is 498. The third-order valence-electron chi connectivity index (χ3n) is 9.50. The first-order chi connectivity index (χ1) is 11.7. The van der Waals surface area contributed by atoms with Crippen LogP contribution in [0.5, 0.6) is 0 Å². The molecule has 4 fully saturated rings. The van der Waals surface area contributed by atoms with Crippen LogP contribution >= 0.6 is 0 Å². The van der Waals surface area contributed by atoms with Crippen molar-refractivity contribution in [2.75, 3.05) is 0 Å². The number of fused-ring (bicyclic) bond motifs is 5. The minimum absolute atomic E-state index is 0.166. The van der Waals surface area contributed by atoms with E-state index in [0.29, 0.717) is 17.3 Å². The Labute approximate surface area is 154 Å². The summed E-state index contributed by atoms with van der Waals surface area (Å²) in [5.41, 5.74) is -0.0606. The molecular weight excluding hydrogens is 308 g/mol. The van der Waals surface area contributed by atoms with Gasteiger partial charge in [0, 0.05) is 0 Å². The molecule has 0 amide bonds. The van der Waals surface area contributed by atoms with Gasteiger partial charge in [0.25, 0.3) is 0 Å². The molecule has 0 aromatic heterocycles. The largest absolute Gasteiger partial charge is 0.393 e. The van der Waals surface area contributed by atoms with E-state index in [1.165, 1.54) is 44.9 Å². The Balaban J connectivity index is 1.57. The van der Waals surface area contributed by atoms with E-state index >= 15 is 0 Å². The highest BCUT2D eigenvalue weighted by Crippen LogP contribution is 2.64. The van der Waals surface area contributed by atoms with Crippen molar-refractivity contribution >= 4 is 0 Å². The Kier molecular flexibility index (Phi) is 4.56. The maximum Gasteiger partial charge on any atom is 0.0622 e. The van der Waals surface area contributed by atoms with Gasteiger partial charge in [-0.25, -0.2) is 0 Å². The Hall–Kier alpha value is -0.0800. The van der Waals surface area contributed by atoms with Gasteiger partial charge in [-0.2, -0.15) is 0 Å². The number of aliphatic hydroxyl groups excluding tert-OH is 1. The minimum Gasteiger partial charge on any atom is -0.393 e. The fourth-order valence-electron chi connectivity index (χ4n) is 8.69. The highest BCUT2D eigenvalue weighted by atomic mass is 16.3. The molecule has 0 radical (unpaired) electrons. The van der Waals surface area contributed by atoms with Crippen LogP contribution in [0.1, 0.15) is 85.5 Å². The van der Waals surface area contributed by atoms with Crippen LogP contribution in [0.15, 0.2) is 0 Å². The molecule has 0 aromatic carbocycles. The monoisotopic (exact) mass is 348 g/mol. The van der Waals surface area contributed by atoms with E-state index in [1.807, 2.05) is 6.92 Å². The summed E-state index contributed by atoms with van der Waals surface area (Å²) < 4.78 is 0. The quantitative estimate of drug-likeness (QED) is 0.698. The van der Waals surface area contributed by atoms with Crippen LogP contribution in [0.4, 0.5) is 0 Å². The average Bonchev–Trinajstić information content (AvgIpc) is 2.51. The molecule has 10 atom stereocenters. The average molecular weight is 349 g/mol. The lowest BCUT2D eigenvalue weighted by molar-refractivity contribution is -0.155. The predicted octanol–water partition coefficient (Wildman–Crippen LogP) is 5.02. The highest BCUT2D eigenvalue weighted by Gasteiger charge is 2.57. The lowest BCUT2D eigenvalue weighted by Crippen LogP contribution is -2.56. The zero-order valence-electron chi connectivity index (χ0n) is 16.9. The van der Waals surface area contributed by atoms with Crippen LogP contribution in [-0.2, 0) is 0 Å². The molecule has 4 rings (SSSR count). The molecule has 1 unspecified atom stereocenters. The number of rotatable bonds is 1. The summed E-state index contributed by atoms with van der Waals surface area (Å²) in [6.45, 7) is 9.01. The van der Waals surface area contributed by atoms with Gasteiger partial charge in [-0.3, -0.25) is 0 Å². The van der Waals surface area contributed by atoms with Gasteiger partial charge in [-0.15, -0.1) is 0 Å². The van der Waals surface area contributed by atoms with Crippen molar-refractivity contribution in [1.29, 1.82) is 0 Å². The van der Waals surface area contributed by atoms with E-state index in [9.17, 15) is 10.2 Å². The summed E-state index contributed by atoms with van der Waals surface area (Å²) in [5.74, 6) is 5.39. The topological polar surface area (TPSA) is 40.5 Å². The van der Waals surface area contributed by atoms with Gasteiger partial charge >= 0.3 is 0 Å². The number of aliphatic hydroxyl groups is 2. The number of hydrogen-bond donors (Lipinski definition) is 2. The third-order valence-corrected chi connectivity index (χ3v) is 9.50. The van der Waals surface area contributed by atoms with Crippen molar-refractivity contribution in [3.05, 3.63) is 0 Å². The van der Waals surface area contributed by atoms with E-state index in [-0.39, 0.29) is 6.10 Å². The van der Waals surface area contributed by atoms with Gasteiger partial charge in [-0.05, 0) is 112 Å². The Morgan fingerprint density at radius 1 is 0.880 bits per heavy atom. The first-order valence-electron chi connectivity index (χ1n) is 11.1. The van der Waals surface area contributed by atoms with Crippen molar-refractivity contribution in [1.82, 2.24) is 0 Å².